The number of imidazole rings is 1. The summed E-state index contributed by atoms with van der Waals surface area (Å²) >= 11 is 0. The van der Waals surface area contributed by atoms with E-state index >= 15 is 0 Å². The SMILES string of the molecule is CC(C)(C)n1cc(CNC2CCCC2n2ccnc2)cn1. The molecule has 0 bridgehead atoms. The Bertz CT molecular complexity index is 564. The Balaban J connectivity index is 1.61. The summed E-state index contributed by atoms with van der Waals surface area (Å²) in [7, 11) is 0. The van der Waals surface area contributed by atoms with Gasteiger partial charge in [-0.25, -0.2) is 4.98 Å². The van der Waals surface area contributed by atoms with Crippen molar-refractivity contribution in [1.29, 1.82) is 0 Å². The maximum Gasteiger partial charge on any atom is 0.0949 e. The summed E-state index contributed by atoms with van der Waals surface area (Å²) in [5.41, 5.74) is 1.30. The van der Waals surface area contributed by atoms with Crippen molar-refractivity contribution in [2.75, 3.05) is 0 Å². The van der Waals surface area contributed by atoms with Crippen molar-refractivity contribution in [2.45, 2.75) is 64.2 Å². The Morgan fingerprint density at radius 2 is 2.19 bits per heavy atom. The quantitative estimate of drug-likeness (QED) is 0.940. The molecule has 2 aromatic rings. The summed E-state index contributed by atoms with van der Waals surface area (Å²) in [6.07, 6.45) is 13.7. The third-order valence-corrected chi connectivity index (χ3v) is 4.28. The lowest BCUT2D eigenvalue weighted by Crippen LogP contribution is -2.33. The lowest BCUT2D eigenvalue weighted by Gasteiger charge is -2.22. The summed E-state index contributed by atoms with van der Waals surface area (Å²) in [6, 6.07) is 1.06. The van der Waals surface area contributed by atoms with Gasteiger partial charge in [0.2, 0.25) is 0 Å². The van der Waals surface area contributed by atoms with Crippen LogP contribution in [0, 0.1) is 0 Å². The Kier molecular flexibility index (Phi) is 3.85. The second kappa shape index (κ2) is 5.64. The number of nitrogens with one attached hydrogen (secondary N) is 1. The molecule has 2 heterocycles. The van der Waals surface area contributed by atoms with Gasteiger partial charge in [0.15, 0.2) is 0 Å². The standard InChI is InChI=1S/C16H25N5/c1-16(2,3)21-11-13(10-19-21)9-18-14-5-4-6-15(14)20-8-7-17-12-20/h7-8,10-12,14-15,18H,4-6,9H2,1-3H3. The molecule has 0 amide bonds. The van der Waals surface area contributed by atoms with E-state index in [9.17, 15) is 0 Å². The van der Waals surface area contributed by atoms with Crippen LogP contribution in [0.25, 0.3) is 0 Å². The molecule has 5 heteroatoms. The first kappa shape index (κ1) is 14.3. The molecule has 1 aliphatic rings. The molecule has 0 aromatic carbocycles. The van der Waals surface area contributed by atoms with Gasteiger partial charge in [0, 0.05) is 42.8 Å². The zero-order chi connectivity index (χ0) is 14.9. The van der Waals surface area contributed by atoms with Crippen molar-refractivity contribution in [3.05, 3.63) is 36.7 Å². The molecule has 1 saturated carbocycles. The zero-order valence-corrected chi connectivity index (χ0v) is 13.2. The van der Waals surface area contributed by atoms with Gasteiger partial charge in [-0.1, -0.05) is 0 Å². The Hall–Kier alpha value is -1.62. The average Bonchev–Trinajstić information content (AvgIpc) is 3.16. The van der Waals surface area contributed by atoms with Crippen LogP contribution in [0.2, 0.25) is 0 Å². The van der Waals surface area contributed by atoms with Crippen LogP contribution in [0.1, 0.15) is 51.6 Å². The highest BCUT2D eigenvalue weighted by Gasteiger charge is 2.28. The lowest BCUT2D eigenvalue weighted by molar-refractivity contribution is 0.354. The molecule has 2 unspecified atom stereocenters. The summed E-state index contributed by atoms with van der Waals surface area (Å²) in [4.78, 5) is 4.17. The van der Waals surface area contributed by atoms with E-state index in [1.807, 2.05) is 23.4 Å². The molecule has 0 saturated heterocycles. The number of rotatable bonds is 4. The van der Waals surface area contributed by atoms with Gasteiger partial charge in [-0.3, -0.25) is 4.68 Å². The van der Waals surface area contributed by atoms with Gasteiger partial charge in [0.05, 0.1) is 18.1 Å². The maximum absolute atomic E-state index is 4.46. The lowest BCUT2D eigenvalue weighted by atomic mass is 10.1. The van der Waals surface area contributed by atoms with Crippen molar-refractivity contribution in [3.8, 4) is 0 Å². The molecule has 114 valence electrons. The number of hydrogen-bond donors (Lipinski definition) is 1. The van der Waals surface area contributed by atoms with Crippen molar-refractivity contribution in [3.63, 3.8) is 0 Å². The normalized spacial score (nSPS) is 22.8. The topological polar surface area (TPSA) is 47.7 Å². The Morgan fingerprint density at radius 1 is 1.33 bits per heavy atom. The Labute approximate surface area is 126 Å². The highest BCUT2D eigenvalue weighted by molar-refractivity contribution is 5.06. The van der Waals surface area contributed by atoms with Crippen molar-refractivity contribution in [1.82, 2.24) is 24.6 Å². The molecule has 1 fully saturated rings. The highest BCUT2D eigenvalue weighted by Crippen LogP contribution is 2.30. The minimum Gasteiger partial charge on any atom is -0.333 e. The first-order chi connectivity index (χ1) is 10.0. The minimum atomic E-state index is 0.0466. The monoisotopic (exact) mass is 287 g/mol. The smallest absolute Gasteiger partial charge is 0.0949 e. The van der Waals surface area contributed by atoms with Crippen LogP contribution in [0.3, 0.4) is 0 Å². The first-order valence-electron chi connectivity index (χ1n) is 7.79. The van der Waals surface area contributed by atoms with Crippen LogP contribution >= 0.6 is 0 Å². The number of nitrogens with zero attached hydrogens (tertiary/aromatic N) is 4. The van der Waals surface area contributed by atoms with Crippen molar-refractivity contribution in [2.24, 2.45) is 0 Å². The largest absolute Gasteiger partial charge is 0.333 e. The molecular formula is C16H25N5. The molecule has 21 heavy (non-hydrogen) atoms. The van der Waals surface area contributed by atoms with Gasteiger partial charge < -0.3 is 9.88 Å². The van der Waals surface area contributed by atoms with Crippen LogP contribution in [0.15, 0.2) is 31.1 Å². The molecule has 5 nitrogen and oxygen atoms in total. The van der Waals surface area contributed by atoms with E-state index in [0.717, 1.165) is 6.54 Å². The highest BCUT2D eigenvalue weighted by atomic mass is 15.3. The molecule has 1 aliphatic carbocycles. The second-order valence-corrected chi connectivity index (χ2v) is 6.96. The number of aromatic nitrogens is 4. The first-order valence-corrected chi connectivity index (χ1v) is 7.79. The van der Waals surface area contributed by atoms with E-state index in [4.69, 9.17) is 0 Å². The fraction of sp³-hybridized carbons (Fsp3) is 0.625. The van der Waals surface area contributed by atoms with Gasteiger partial charge in [-0.2, -0.15) is 5.10 Å². The van der Waals surface area contributed by atoms with E-state index in [2.05, 4.69) is 53.1 Å². The van der Waals surface area contributed by atoms with Crippen LogP contribution < -0.4 is 5.32 Å². The van der Waals surface area contributed by atoms with Gasteiger partial charge in [0.1, 0.15) is 0 Å². The summed E-state index contributed by atoms with van der Waals surface area (Å²) in [5, 5.41) is 8.16. The van der Waals surface area contributed by atoms with Crippen LogP contribution in [-0.4, -0.2) is 25.4 Å². The van der Waals surface area contributed by atoms with Gasteiger partial charge in [0.25, 0.3) is 0 Å². The average molecular weight is 287 g/mol. The predicted octanol–water partition coefficient (Wildman–Crippen LogP) is 2.72. The fourth-order valence-corrected chi connectivity index (χ4v) is 3.07. The van der Waals surface area contributed by atoms with Crippen molar-refractivity contribution >= 4 is 0 Å². The number of hydrogen-bond acceptors (Lipinski definition) is 3. The van der Waals surface area contributed by atoms with Crippen molar-refractivity contribution < 1.29 is 0 Å². The second-order valence-electron chi connectivity index (χ2n) is 6.96. The van der Waals surface area contributed by atoms with E-state index in [1.165, 1.54) is 24.8 Å². The van der Waals surface area contributed by atoms with E-state index in [-0.39, 0.29) is 5.54 Å². The third kappa shape index (κ3) is 3.18. The van der Waals surface area contributed by atoms with Gasteiger partial charge in [-0.05, 0) is 40.0 Å². The molecule has 0 spiro atoms. The third-order valence-electron chi connectivity index (χ3n) is 4.28. The fourth-order valence-electron chi connectivity index (χ4n) is 3.07. The minimum absolute atomic E-state index is 0.0466. The molecule has 0 radical (unpaired) electrons. The van der Waals surface area contributed by atoms with E-state index in [1.54, 1.807) is 0 Å². The van der Waals surface area contributed by atoms with E-state index < -0.39 is 0 Å². The molecule has 2 aromatic heterocycles. The zero-order valence-electron chi connectivity index (χ0n) is 13.2. The van der Waals surface area contributed by atoms with E-state index in [0.29, 0.717) is 12.1 Å². The van der Waals surface area contributed by atoms with Gasteiger partial charge >= 0.3 is 0 Å². The summed E-state index contributed by atoms with van der Waals surface area (Å²) in [5.74, 6) is 0. The molecule has 0 aliphatic heterocycles. The van der Waals surface area contributed by atoms with Crippen LogP contribution in [0.5, 0.6) is 0 Å². The Morgan fingerprint density at radius 3 is 2.86 bits per heavy atom. The van der Waals surface area contributed by atoms with Gasteiger partial charge in [-0.15, -0.1) is 0 Å². The molecular weight excluding hydrogens is 262 g/mol. The predicted molar refractivity (Wildman–Crippen MR) is 83.0 cm³/mol. The molecule has 1 N–H and O–H groups in total. The maximum atomic E-state index is 4.46. The molecule has 2 atom stereocenters. The summed E-state index contributed by atoms with van der Waals surface area (Å²) < 4.78 is 4.27. The van der Waals surface area contributed by atoms with Crippen LogP contribution in [-0.2, 0) is 12.1 Å². The molecule has 3 rings (SSSR count). The van der Waals surface area contributed by atoms with Crippen LogP contribution in [0.4, 0.5) is 0 Å². The summed E-state index contributed by atoms with van der Waals surface area (Å²) in [6.45, 7) is 7.39.